The number of H-pyrrole nitrogens is 1. The van der Waals surface area contributed by atoms with Gasteiger partial charge in [-0.25, -0.2) is 4.79 Å². The molecule has 0 bridgehead atoms. The summed E-state index contributed by atoms with van der Waals surface area (Å²) in [5.74, 6) is -1.09. The highest BCUT2D eigenvalue weighted by molar-refractivity contribution is 6.07. The Morgan fingerprint density at radius 3 is 2.83 bits per heavy atom. The minimum atomic E-state index is -1.09. The first-order valence-electron chi connectivity index (χ1n) is 6.90. The Hall–Kier alpha value is -3.35. The molecule has 0 atom stereocenters. The summed E-state index contributed by atoms with van der Waals surface area (Å²) < 4.78 is 1.37. The van der Waals surface area contributed by atoms with Crippen LogP contribution in [0.5, 0.6) is 0 Å². The van der Waals surface area contributed by atoms with E-state index in [2.05, 4.69) is 9.97 Å². The van der Waals surface area contributed by atoms with Crippen LogP contribution in [-0.4, -0.2) is 25.6 Å². The summed E-state index contributed by atoms with van der Waals surface area (Å²) in [6, 6.07) is 6.72. The molecule has 0 aliphatic carbocycles. The molecule has 114 valence electrons. The lowest BCUT2D eigenvalue weighted by atomic mass is 10.1. The zero-order valence-electron chi connectivity index (χ0n) is 12.1. The van der Waals surface area contributed by atoms with E-state index < -0.39 is 5.97 Å². The van der Waals surface area contributed by atoms with Gasteiger partial charge in [-0.3, -0.25) is 9.78 Å². The molecule has 0 spiro atoms. The fourth-order valence-corrected chi connectivity index (χ4v) is 2.96. The number of fused-ring (bicyclic) bond motifs is 4. The molecule has 0 amide bonds. The van der Waals surface area contributed by atoms with Crippen molar-refractivity contribution in [2.75, 3.05) is 5.73 Å². The highest BCUT2D eigenvalue weighted by Gasteiger charge is 2.17. The zero-order valence-corrected chi connectivity index (χ0v) is 12.1. The molecule has 4 N–H and O–H groups in total. The smallest absolute Gasteiger partial charge is 0.352 e. The van der Waals surface area contributed by atoms with E-state index >= 15 is 0 Å². The number of hydrogen-bond donors (Lipinski definition) is 3. The molecule has 4 rings (SSSR count). The Labute approximate surface area is 129 Å². The van der Waals surface area contributed by atoms with Crippen molar-refractivity contribution in [3.8, 4) is 0 Å². The second kappa shape index (κ2) is 4.33. The van der Waals surface area contributed by atoms with Crippen molar-refractivity contribution >= 4 is 44.5 Å². The van der Waals surface area contributed by atoms with Crippen molar-refractivity contribution in [3.63, 3.8) is 0 Å². The molecule has 0 aliphatic rings. The van der Waals surface area contributed by atoms with Crippen LogP contribution >= 0.6 is 0 Å². The summed E-state index contributed by atoms with van der Waals surface area (Å²) in [5, 5.41) is 10.4. The maximum absolute atomic E-state index is 12.8. The van der Waals surface area contributed by atoms with E-state index in [0.29, 0.717) is 33.1 Å². The van der Waals surface area contributed by atoms with Crippen LogP contribution in [0.15, 0.2) is 35.3 Å². The Balaban J connectivity index is 2.27. The number of carboxylic acids is 1. The number of aryl methyl sites for hydroxylation is 1. The van der Waals surface area contributed by atoms with Gasteiger partial charge in [0.25, 0.3) is 0 Å². The van der Waals surface area contributed by atoms with Crippen LogP contribution in [0.25, 0.3) is 32.8 Å². The lowest BCUT2D eigenvalue weighted by Crippen LogP contribution is -2.11. The first-order valence-corrected chi connectivity index (χ1v) is 6.90. The molecular formula is C16H12N4O3. The van der Waals surface area contributed by atoms with E-state index in [1.54, 1.807) is 25.2 Å². The number of rotatable bonds is 1. The number of nitrogens with zero attached hydrogens (tertiary/aromatic N) is 2. The number of pyridine rings is 2. The number of aromatic carboxylic acids is 1. The molecule has 0 fully saturated rings. The van der Waals surface area contributed by atoms with Crippen molar-refractivity contribution < 1.29 is 9.90 Å². The Bertz CT molecular complexity index is 1190. The van der Waals surface area contributed by atoms with E-state index in [1.807, 2.05) is 0 Å². The van der Waals surface area contributed by atoms with Gasteiger partial charge in [0.2, 0.25) is 5.43 Å². The lowest BCUT2D eigenvalue weighted by Gasteiger charge is -2.05. The molecule has 0 radical (unpaired) electrons. The minimum absolute atomic E-state index is 0.0421. The summed E-state index contributed by atoms with van der Waals surface area (Å²) in [4.78, 5) is 31.5. The number of anilines is 1. The van der Waals surface area contributed by atoms with Crippen LogP contribution in [0.2, 0.25) is 0 Å². The SMILES string of the molecule is Cn1c(C(=O)O)cc2[nH]c3c(cnc4ccc(N)cc43)c(=O)c21. The molecule has 0 saturated heterocycles. The van der Waals surface area contributed by atoms with E-state index in [0.717, 1.165) is 5.39 Å². The van der Waals surface area contributed by atoms with Gasteiger partial charge >= 0.3 is 5.97 Å². The topological polar surface area (TPSA) is 114 Å². The Kier molecular flexibility index (Phi) is 2.51. The third kappa shape index (κ3) is 1.73. The van der Waals surface area contributed by atoms with Gasteiger partial charge in [-0.15, -0.1) is 0 Å². The number of nitrogens with two attached hydrogens (primary N) is 1. The van der Waals surface area contributed by atoms with Crippen molar-refractivity contribution in [3.05, 3.63) is 46.4 Å². The Morgan fingerprint density at radius 2 is 2.09 bits per heavy atom. The minimum Gasteiger partial charge on any atom is -0.477 e. The fourth-order valence-electron chi connectivity index (χ4n) is 2.96. The number of nitrogens with one attached hydrogen (secondary N) is 1. The van der Waals surface area contributed by atoms with E-state index in [4.69, 9.17) is 5.73 Å². The van der Waals surface area contributed by atoms with Gasteiger partial charge in [-0.2, -0.15) is 0 Å². The third-order valence-corrected chi connectivity index (χ3v) is 4.06. The number of nitrogen functional groups attached to an aromatic ring is 1. The summed E-state index contributed by atoms with van der Waals surface area (Å²) in [7, 11) is 1.55. The first-order chi connectivity index (χ1) is 11.0. The number of hydrogen-bond acceptors (Lipinski definition) is 4. The van der Waals surface area contributed by atoms with Crippen LogP contribution in [0.4, 0.5) is 5.69 Å². The highest BCUT2D eigenvalue weighted by atomic mass is 16.4. The fraction of sp³-hybridized carbons (Fsp3) is 0.0625. The standard InChI is InChI=1S/C16H12N4O3/c1-20-12(16(22)23)5-11-14(20)15(21)9-6-18-10-3-2-7(17)4-8(10)13(9)19-11/h2-6H,17H2,1H3,(H,19,21)(H,22,23). The average Bonchev–Trinajstić information content (AvgIpc) is 2.85. The number of carbonyl (C=O) groups is 1. The molecule has 4 aromatic rings. The lowest BCUT2D eigenvalue weighted by molar-refractivity contribution is 0.0687. The molecule has 3 heterocycles. The second-order valence-corrected chi connectivity index (χ2v) is 5.43. The predicted molar refractivity (Wildman–Crippen MR) is 87.7 cm³/mol. The molecule has 7 heteroatoms. The van der Waals surface area contributed by atoms with Crippen LogP contribution in [0.3, 0.4) is 0 Å². The quantitative estimate of drug-likeness (QED) is 0.367. The molecule has 0 aliphatic heterocycles. The van der Waals surface area contributed by atoms with Crippen LogP contribution < -0.4 is 11.2 Å². The van der Waals surface area contributed by atoms with Gasteiger partial charge in [-0.05, 0) is 24.3 Å². The highest BCUT2D eigenvalue weighted by Crippen LogP contribution is 2.25. The second-order valence-electron chi connectivity index (χ2n) is 5.43. The maximum Gasteiger partial charge on any atom is 0.352 e. The summed E-state index contributed by atoms with van der Waals surface area (Å²) >= 11 is 0. The average molecular weight is 308 g/mol. The molecule has 7 nitrogen and oxygen atoms in total. The number of benzene rings is 1. The van der Waals surface area contributed by atoms with Crippen molar-refractivity contribution in [1.29, 1.82) is 0 Å². The first kappa shape index (κ1) is 13.3. The van der Waals surface area contributed by atoms with Gasteiger partial charge < -0.3 is 20.4 Å². The molecule has 3 aromatic heterocycles. The summed E-state index contributed by atoms with van der Waals surface area (Å²) in [5.41, 5.74) is 8.25. The molecule has 0 saturated carbocycles. The molecule has 0 unspecified atom stereocenters. The van der Waals surface area contributed by atoms with Crippen molar-refractivity contribution in [2.45, 2.75) is 0 Å². The maximum atomic E-state index is 12.8. The van der Waals surface area contributed by atoms with E-state index in [1.165, 1.54) is 16.8 Å². The number of carboxylic acid groups (broad SMARTS) is 1. The van der Waals surface area contributed by atoms with E-state index in [9.17, 15) is 14.7 Å². The normalized spacial score (nSPS) is 11.5. The van der Waals surface area contributed by atoms with Gasteiger partial charge in [0, 0.05) is 24.3 Å². The van der Waals surface area contributed by atoms with E-state index in [-0.39, 0.29) is 11.1 Å². The van der Waals surface area contributed by atoms with Crippen LogP contribution in [0, 0.1) is 0 Å². The van der Waals surface area contributed by atoms with Crippen molar-refractivity contribution in [2.24, 2.45) is 7.05 Å². The Morgan fingerprint density at radius 1 is 1.30 bits per heavy atom. The number of aromatic nitrogens is 3. The largest absolute Gasteiger partial charge is 0.477 e. The molecular weight excluding hydrogens is 296 g/mol. The molecule has 1 aromatic carbocycles. The molecule has 23 heavy (non-hydrogen) atoms. The summed E-state index contributed by atoms with van der Waals surface area (Å²) in [6.07, 6.45) is 1.50. The zero-order chi connectivity index (χ0) is 16.3. The van der Waals surface area contributed by atoms with Gasteiger partial charge in [0.15, 0.2) is 0 Å². The van der Waals surface area contributed by atoms with Crippen molar-refractivity contribution in [1.82, 2.24) is 14.5 Å². The monoisotopic (exact) mass is 308 g/mol. The summed E-state index contributed by atoms with van der Waals surface area (Å²) in [6.45, 7) is 0. The van der Waals surface area contributed by atoms with Crippen LogP contribution in [-0.2, 0) is 7.05 Å². The predicted octanol–water partition coefficient (Wildman–Crippen LogP) is 1.85. The van der Waals surface area contributed by atoms with Gasteiger partial charge in [-0.1, -0.05) is 0 Å². The third-order valence-electron chi connectivity index (χ3n) is 4.06. The van der Waals surface area contributed by atoms with Crippen LogP contribution in [0.1, 0.15) is 10.5 Å². The van der Waals surface area contributed by atoms with Gasteiger partial charge in [0.05, 0.1) is 21.9 Å². The number of aromatic amines is 1. The van der Waals surface area contributed by atoms with Gasteiger partial charge in [0.1, 0.15) is 11.2 Å².